The topological polar surface area (TPSA) is 117 Å². The van der Waals surface area contributed by atoms with Crippen molar-refractivity contribution in [2.45, 2.75) is 49.3 Å². The molecule has 196 valence electrons. The van der Waals surface area contributed by atoms with E-state index in [1.165, 1.54) is 14.2 Å². The number of hydrogen-bond donors (Lipinski definition) is 1. The van der Waals surface area contributed by atoms with Gasteiger partial charge < -0.3 is 18.9 Å². The Kier molecular flexibility index (Phi) is 9.33. The standard InChI is InChI=1S/C26H33NO8S/c1-5-15-34-25(28)23-21(17-7-11-19(32-3)12-8-17)27-22(18-9-13-20(33-4)14-10-18)24(36(23,30)31)26(29)35-16-6-2/h7-14,21-24,27H,5-6,15-16H2,1-4H3/t21-,22-,23-,24+/m1/s1. The third-order valence-corrected chi connectivity index (χ3v) is 8.33. The fraction of sp³-hybridized carbons (Fsp3) is 0.462. The summed E-state index contributed by atoms with van der Waals surface area (Å²) in [4.78, 5) is 26.3. The molecule has 0 radical (unpaired) electrons. The fourth-order valence-electron chi connectivity index (χ4n) is 4.18. The zero-order valence-corrected chi connectivity index (χ0v) is 21.7. The molecule has 1 N–H and O–H groups in total. The predicted octanol–water partition coefficient (Wildman–Crippen LogP) is 3.15. The van der Waals surface area contributed by atoms with Gasteiger partial charge in [0.15, 0.2) is 20.3 Å². The third kappa shape index (κ3) is 5.82. The molecule has 10 heteroatoms. The number of hydrogen-bond acceptors (Lipinski definition) is 9. The molecular weight excluding hydrogens is 486 g/mol. The molecule has 0 amide bonds. The number of rotatable bonds is 10. The van der Waals surface area contributed by atoms with Crippen LogP contribution in [0.2, 0.25) is 0 Å². The maximum atomic E-state index is 14.0. The Morgan fingerprint density at radius 3 is 1.39 bits per heavy atom. The lowest BCUT2D eigenvalue weighted by molar-refractivity contribution is -0.145. The summed E-state index contributed by atoms with van der Waals surface area (Å²) in [6.45, 7) is 3.75. The van der Waals surface area contributed by atoms with Crippen LogP contribution in [0.1, 0.15) is 49.9 Å². The van der Waals surface area contributed by atoms with Gasteiger partial charge in [-0.3, -0.25) is 14.9 Å². The summed E-state index contributed by atoms with van der Waals surface area (Å²) in [6, 6.07) is 11.5. The molecule has 0 saturated carbocycles. The summed E-state index contributed by atoms with van der Waals surface area (Å²) in [6.07, 6.45) is 1.05. The van der Waals surface area contributed by atoms with Crippen molar-refractivity contribution in [3.05, 3.63) is 59.7 Å². The summed E-state index contributed by atoms with van der Waals surface area (Å²) in [5.41, 5.74) is 1.08. The van der Waals surface area contributed by atoms with Gasteiger partial charge in [0.25, 0.3) is 0 Å². The van der Waals surface area contributed by atoms with E-state index in [1.807, 2.05) is 13.8 Å². The second-order valence-electron chi connectivity index (χ2n) is 8.43. The number of ether oxygens (including phenoxy) is 4. The second-order valence-corrected chi connectivity index (χ2v) is 10.6. The van der Waals surface area contributed by atoms with E-state index < -0.39 is 44.4 Å². The van der Waals surface area contributed by atoms with Crippen molar-refractivity contribution in [3.8, 4) is 11.5 Å². The van der Waals surface area contributed by atoms with E-state index in [-0.39, 0.29) is 13.2 Å². The first-order chi connectivity index (χ1) is 17.3. The molecule has 3 rings (SSSR count). The van der Waals surface area contributed by atoms with Crippen LogP contribution >= 0.6 is 0 Å². The summed E-state index contributed by atoms with van der Waals surface area (Å²) >= 11 is 0. The summed E-state index contributed by atoms with van der Waals surface area (Å²) in [7, 11) is -1.38. The van der Waals surface area contributed by atoms with Crippen molar-refractivity contribution in [2.75, 3.05) is 27.4 Å². The first-order valence-corrected chi connectivity index (χ1v) is 13.5. The Bertz CT molecular complexity index is 1050. The molecule has 36 heavy (non-hydrogen) atoms. The first-order valence-electron chi connectivity index (χ1n) is 11.9. The minimum absolute atomic E-state index is 0.0625. The number of methoxy groups -OCH3 is 2. The fourth-order valence-corrected chi connectivity index (χ4v) is 6.40. The maximum Gasteiger partial charge on any atom is 0.326 e. The highest BCUT2D eigenvalue weighted by molar-refractivity contribution is 7.94. The van der Waals surface area contributed by atoms with Crippen molar-refractivity contribution in [3.63, 3.8) is 0 Å². The van der Waals surface area contributed by atoms with Crippen LogP contribution in [0, 0.1) is 0 Å². The SMILES string of the molecule is CCCOC(=O)[C@@H]1[C@@H](c2ccc(OC)cc2)N[C@H](c2ccc(OC)cc2)[C@H](C(=O)OCCC)S1(=O)=O. The molecule has 1 heterocycles. The second kappa shape index (κ2) is 12.2. The Morgan fingerprint density at radius 2 is 1.08 bits per heavy atom. The van der Waals surface area contributed by atoms with E-state index in [0.29, 0.717) is 35.5 Å². The van der Waals surface area contributed by atoms with Gasteiger partial charge in [0, 0.05) is 0 Å². The largest absolute Gasteiger partial charge is 0.497 e. The molecule has 0 spiro atoms. The van der Waals surface area contributed by atoms with Crippen LogP contribution in [0.4, 0.5) is 0 Å². The lowest BCUT2D eigenvalue weighted by Crippen LogP contribution is -2.59. The molecule has 1 saturated heterocycles. The average molecular weight is 520 g/mol. The third-order valence-electron chi connectivity index (χ3n) is 5.98. The lowest BCUT2D eigenvalue weighted by Gasteiger charge is -2.40. The first kappa shape index (κ1) is 27.5. The van der Waals surface area contributed by atoms with Crippen LogP contribution in [0.5, 0.6) is 11.5 Å². The maximum absolute atomic E-state index is 14.0. The minimum Gasteiger partial charge on any atom is -0.497 e. The molecule has 2 aromatic rings. The molecule has 4 atom stereocenters. The van der Waals surface area contributed by atoms with Gasteiger partial charge in [0.05, 0.1) is 39.5 Å². The smallest absolute Gasteiger partial charge is 0.326 e. The van der Waals surface area contributed by atoms with E-state index in [2.05, 4.69) is 5.32 Å². The molecule has 1 aliphatic rings. The van der Waals surface area contributed by atoms with Crippen molar-refractivity contribution in [1.82, 2.24) is 5.32 Å². The van der Waals surface area contributed by atoms with Gasteiger partial charge >= 0.3 is 11.9 Å². The van der Waals surface area contributed by atoms with E-state index in [9.17, 15) is 18.0 Å². The van der Waals surface area contributed by atoms with Crippen molar-refractivity contribution in [2.24, 2.45) is 0 Å². The normalized spacial score (nSPS) is 22.9. The number of carbonyl (C=O) groups excluding carboxylic acids is 2. The molecule has 2 aromatic carbocycles. The zero-order chi connectivity index (χ0) is 26.3. The quantitative estimate of drug-likeness (QED) is 0.472. The van der Waals surface area contributed by atoms with E-state index >= 15 is 0 Å². The van der Waals surface area contributed by atoms with Crippen LogP contribution in [0.3, 0.4) is 0 Å². The Hall–Kier alpha value is -3.11. The van der Waals surface area contributed by atoms with Gasteiger partial charge in [-0.1, -0.05) is 38.1 Å². The number of esters is 2. The van der Waals surface area contributed by atoms with E-state index in [0.717, 1.165) is 0 Å². The number of nitrogens with one attached hydrogen (secondary N) is 1. The van der Waals surface area contributed by atoms with Gasteiger partial charge in [-0.05, 0) is 48.2 Å². The van der Waals surface area contributed by atoms with Crippen molar-refractivity contribution >= 4 is 21.8 Å². The van der Waals surface area contributed by atoms with Gasteiger partial charge in [-0.15, -0.1) is 0 Å². The highest BCUT2D eigenvalue weighted by Crippen LogP contribution is 2.40. The van der Waals surface area contributed by atoms with Gasteiger partial charge in [0.1, 0.15) is 11.5 Å². The highest BCUT2D eigenvalue weighted by atomic mass is 32.2. The Labute approximate surface area is 212 Å². The molecule has 0 unspecified atom stereocenters. The molecule has 9 nitrogen and oxygen atoms in total. The van der Waals surface area contributed by atoms with Crippen LogP contribution in [-0.2, 0) is 28.9 Å². The van der Waals surface area contributed by atoms with Crippen LogP contribution in [0.25, 0.3) is 0 Å². The van der Waals surface area contributed by atoms with Crippen molar-refractivity contribution in [1.29, 1.82) is 0 Å². The molecular formula is C26H33NO8S. The van der Waals surface area contributed by atoms with Crippen molar-refractivity contribution < 1.29 is 37.0 Å². The molecule has 0 aliphatic carbocycles. The van der Waals surface area contributed by atoms with Crippen LogP contribution in [-0.4, -0.2) is 58.3 Å². The molecule has 0 bridgehead atoms. The minimum atomic E-state index is -4.42. The Morgan fingerprint density at radius 1 is 0.722 bits per heavy atom. The van der Waals surface area contributed by atoms with Gasteiger partial charge in [-0.2, -0.15) is 0 Å². The predicted molar refractivity (Wildman–Crippen MR) is 134 cm³/mol. The Balaban J connectivity index is 2.15. The molecule has 1 fully saturated rings. The monoisotopic (exact) mass is 519 g/mol. The highest BCUT2D eigenvalue weighted by Gasteiger charge is 2.57. The number of sulfone groups is 1. The van der Waals surface area contributed by atoms with Crippen LogP contribution < -0.4 is 14.8 Å². The van der Waals surface area contributed by atoms with Gasteiger partial charge in [-0.25, -0.2) is 8.42 Å². The summed E-state index contributed by atoms with van der Waals surface area (Å²) in [5, 5.41) is -0.0252. The number of carbonyl (C=O) groups is 2. The zero-order valence-electron chi connectivity index (χ0n) is 20.9. The van der Waals surface area contributed by atoms with Gasteiger partial charge in [0.2, 0.25) is 0 Å². The summed E-state index contributed by atoms with van der Waals surface area (Å²) in [5.74, 6) is -0.663. The number of benzene rings is 2. The average Bonchev–Trinajstić information content (AvgIpc) is 2.89. The van der Waals surface area contributed by atoms with Crippen LogP contribution in [0.15, 0.2) is 48.5 Å². The molecule has 1 aliphatic heterocycles. The van der Waals surface area contributed by atoms with E-state index in [1.54, 1.807) is 48.5 Å². The molecule has 0 aromatic heterocycles. The van der Waals surface area contributed by atoms with E-state index in [4.69, 9.17) is 18.9 Å². The summed E-state index contributed by atoms with van der Waals surface area (Å²) < 4.78 is 49.1. The lowest BCUT2D eigenvalue weighted by atomic mass is 9.96.